The van der Waals surface area contributed by atoms with E-state index >= 15 is 0 Å². The maximum atomic E-state index is 12.2. The van der Waals surface area contributed by atoms with Gasteiger partial charge in [-0.1, -0.05) is 43.7 Å². The Morgan fingerprint density at radius 2 is 1.73 bits per heavy atom. The van der Waals surface area contributed by atoms with E-state index in [2.05, 4.69) is 19.1 Å². The van der Waals surface area contributed by atoms with Crippen molar-refractivity contribution in [2.45, 2.75) is 78.5 Å². The minimum atomic E-state index is -0.448. The molecule has 0 saturated carbocycles. The van der Waals surface area contributed by atoms with Crippen molar-refractivity contribution in [3.05, 3.63) is 48.2 Å². The molecule has 1 rings (SSSR count). The zero-order valence-corrected chi connectivity index (χ0v) is 16.9. The van der Waals surface area contributed by atoms with Crippen molar-refractivity contribution in [1.29, 1.82) is 0 Å². The highest BCUT2D eigenvalue weighted by atomic mass is 16.5. The second-order valence-corrected chi connectivity index (χ2v) is 7.35. The van der Waals surface area contributed by atoms with Crippen LogP contribution in [-0.2, 0) is 11.2 Å². The average Bonchev–Trinajstić information content (AvgIpc) is 2.59. The summed E-state index contributed by atoms with van der Waals surface area (Å²) in [5.41, 5.74) is 1.22. The van der Waals surface area contributed by atoms with Gasteiger partial charge >= 0.3 is 6.09 Å². The van der Waals surface area contributed by atoms with E-state index in [1.165, 1.54) is 11.8 Å². The van der Waals surface area contributed by atoms with Gasteiger partial charge in [0.1, 0.15) is 0 Å². The highest BCUT2D eigenvalue weighted by Gasteiger charge is 2.21. The molecule has 0 fully saturated rings. The van der Waals surface area contributed by atoms with Gasteiger partial charge in [-0.05, 0) is 58.6 Å². The predicted octanol–water partition coefficient (Wildman–Crippen LogP) is 5.17. The fourth-order valence-electron chi connectivity index (χ4n) is 3.20. The molecule has 146 valence electrons. The van der Waals surface area contributed by atoms with Gasteiger partial charge in [-0.25, -0.2) is 4.79 Å². The van der Waals surface area contributed by atoms with Crippen LogP contribution in [-0.4, -0.2) is 34.3 Å². The molecule has 0 aromatic heterocycles. The van der Waals surface area contributed by atoms with Crippen molar-refractivity contribution in [2.24, 2.45) is 5.92 Å². The molecule has 0 aliphatic heterocycles. The van der Waals surface area contributed by atoms with Crippen LogP contribution >= 0.6 is 0 Å². The van der Waals surface area contributed by atoms with Crippen LogP contribution < -0.4 is 0 Å². The zero-order chi connectivity index (χ0) is 19.5. The van der Waals surface area contributed by atoms with Gasteiger partial charge in [-0.15, -0.1) is 0 Å². The summed E-state index contributed by atoms with van der Waals surface area (Å²) in [7, 11) is 0. The van der Waals surface area contributed by atoms with Gasteiger partial charge in [0.15, 0.2) is 0 Å². The lowest BCUT2D eigenvalue weighted by Gasteiger charge is -2.29. The molecule has 0 bridgehead atoms. The molecule has 0 aliphatic carbocycles. The molecule has 1 aromatic rings. The Kier molecular flexibility index (Phi) is 10.0. The molecule has 0 unspecified atom stereocenters. The van der Waals surface area contributed by atoms with Crippen molar-refractivity contribution in [3.63, 3.8) is 0 Å². The van der Waals surface area contributed by atoms with E-state index in [1.807, 2.05) is 52.0 Å². The lowest BCUT2D eigenvalue weighted by atomic mass is 9.92. The van der Waals surface area contributed by atoms with Gasteiger partial charge in [-0.3, -0.25) is 0 Å². The summed E-state index contributed by atoms with van der Waals surface area (Å²) in [6.45, 7) is 9.98. The number of aliphatic hydroxyl groups is 1. The first-order valence-electron chi connectivity index (χ1n) is 9.74. The lowest BCUT2D eigenvalue weighted by Crippen LogP contribution is -2.41. The summed E-state index contributed by atoms with van der Waals surface area (Å²) in [6.07, 6.45) is 5.85. The van der Waals surface area contributed by atoms with Crippen molar-refractivity contribution in [3.8, 4) is 0 Å². The maximum Gasteiger partial charge on any atom is 0.415 e. The van der Waals surface area contributed by atoms with Gasteiger partial charge < -0.3 is 14.7 Å². The number of hydrogen-bond donors (Lipinski definition) is 1. The molecule has 0 radical (unpaired) electrons. The maximum absolute atomic E-state index is 12.2. The molecule has 4 nitrogen and oxygen atoms in total. The van der Waals surface area contributed by atoms with Crippen LogP contribution in [0.5, 0.6) is 0 Å². The quantitative estimate of drug-likeness (QED) is 0.585. The molecule has 1 aromatic carbocycles. The molecule has 0 spiro atoms. The average molecular weight is 362 g/mol. The highest BCUT2D eigenvalue weighted by molar-refractivity contribution is 5.68. The largest absolute Gasteiger partial charge is 0.418 e. The number of hydrogen-bond acceptors (Lipinski definition) is 3. The molecule has 4 heteroatoms. The topological polar surface area (TPSA) is 49.8 Å². The van der Waals surface area contributed by atoms with Gasteiger partial charge in [0.05, 0.1) is 12.4 Å². The normalized spacial score (nSPS) is 14.0. The van der Waals surface area contributed by atoms with Crippen LogP contribution in [0.4, 0.5) is 4.79 Å². The Bertz CT molecular complexity index is 532. The number of aliphatic hydroxyl groups excluding tert-OH is 1. The van der Waals surface area contributed by atoms with Crippen molar-refractivity contribution in [1.82, 2.24) is 4.90 Å². The predicted molar refractivity (Wildman–Crippen MR) is 107 cm³/mol. The highest BCUT2D eigenvalue weighted by Crippen LogP contribution is 2.19. The van der Waals surface area contributed by atoms with Crippen LogP contribution in [0.15, 0.2) is 42.7 Å². The molecule has 26 heavy (non-hydrogen) atoms. The molecule has 0 heterocycles. The summed E-state index contributed by atoms with van der Waals surface area (Å²) in [6, 6.07) is 10.3. The number of aryl methyl sites for hydroxylation is 1. The fourth-order valence-corrected chi connectivity index (χ4v) is 3.20. The Morgan fingerprint density at radius 3 is 2.27 bits per heavy atom. The first-order chi connectivity index (χ1) is 12.4. The Morgan fingerprint density at radius 1 is 1.12 bits per heavy atom. The summed E-state index contributed by atoms with van der Waals surface area (Å²) >= 11 is 0. The number of carbonyl (C=O) groups is 1. The van der Waals surface area contributed by atoms with E-state index in [9.17, 15) is 9.90 Å². The van der Waals surface area contributed by atoms with Crippen LogP contribution in [0.2, 0.25) is 0 Å². The van der Waals surface area contributed by atoms with Crippen LogP contribution in [0.1, 0.15) is 59.4 Å². The Hall–Kier alpha value is -1.81. The van der Waals surface area contributed by atoms with Gasteiger partial charge in [0.2, 0.25) is 0 Å². The molecular weight excluding hydrogens is 326 g/mol. The van der Waals surface area contributed by atoms with E-state index in [1.54, 1.807) is 4.90 Å². The van der Waals surface area contributed by atoms with Crippen molar-refractivity contribution in [2.75, 3.05) is 0 Å². The molecule has 1 amide bonds. The number of nitrogens with zero attached hydrogens (tertiary/aromatic N) is 1. The lowest BCUT2D eigenvalue weighted by molar-refractivity contribution is 0.103. The third-order valence-corrected chi connectivity index (χ3v) is 4.51. The van der Waals surface area contributed by atoms with Crippen molar-refractivity contribution >= 4 is 6.09 Å². The number of carbonyl (C=O) groups excluding carboxylic acids is 1. The van der Waals surface area contributed by atoms with Crippen LogP contribution in [0, 0.1) is 5.92 Å². The van der Waals surface area contributed by atoms with Gasteiger partial charge in [-0.2, -0.15) is 0 Å². The number of rotatable bonds is 10. The fraction of sp³-hybridized carbons (Fsp3) is 0.591. The second-order valence-electron chi connectivity index (χ2n) is 7.35. The summed E-state index contributed by atoms with van der Waals surface area (Å²) in [5, 5.41) is 10.6. The molecular formula is C22H35NO3. The summed E-state index contributed by atoms with van der Waals surface area (Å²) < 4.78 is 5.31. The summed E-state index contributed by atoms with van der Waals surface area (Å²) in [4.78, 5) is 13.9. The third kappa shape index (κ3) is 7.61. The van der Waals surface area contributed by atoms with E-state index in [-0.39, 0.29) is 24.1 Å². The number of amides is 1. The minimum Gasteiger partial charge on any atom is -0.418 e. The second kappa shape index (κ2) is 11.7. The zero-order valence-electron chi connectivity index (χ0n) is 16.9. The van der Waals surface area contributed by atoms with Crippen LogP contribution in [0.25, 0.3) is 0 Å². The minimum absolute atomic E-state index is 0.0111. The standard InChI is InChI=1S/C22H35NO3/c1-6-10-20(21(24)14-13-19-11-8-7-9-12-19)15-16-26-22(25)23(17(2)3)18(4)5/h7-9,11-12,15-18,20-21,24H,6,10,13-14H2,1-5H3/b16-15-/t20-,21+/m0/s1. The van der Waals surface area contributed by atoms with E-state index in [0.29, 0.717) is 6.42 Å². The van der Waals surface area contributed by atoms with E-state index < -0.39 is 6.10 Å². The monoisotopic (exact) mass is 361 g/mol. The Balaban J connectivity index is 2.59. The first-order valence-corrected chi connectivity index (χ1v) is 9.74. The summed E-state index contributed by atoms with van der Waals surface area (Å²) in [5.74, 6) is -0.0111. The first kappa shape index (κ1) is 22.2. The molecule has 0 aliphatic rings. The van der Waals surface area contributed by atoms with Gasteiger partial charge in [0, 0.05) is 18.0 Å². The van der Waals surface area contributed by atoms with Crippen molar-refractivity contribution < 1.29 is 14.6 Å². The van der Waals surface area contributed by atoms with E-state index in [4.69, 9.17) is 4.74 Å². The van der Waals surface area contributed by atoms with Crippen LogP contribution in [0.3, 0.4) is 0 Å². The molecule has 2 atom stereocenters. The SMILES string of the molecule is CCC[C@@H](/C=C\OC(=O)N(C(C)C)C(C)C)[C@H](O)CCc1ccccc1. The molecule has 0 saturated heterocycles. The Labute approximate surface area is 158 Å². The molecule has 1 N–H and O–H groups in total. The number of benzene rings is 1. The smallest absolute Gasteiger partial charge is 0.415 e. The van der Waals surface area contributed by atoms with Gasteiger partial charge in [0.25, 0.3) is 0 Å². The third-order valence-electron chi connectivity index (χ3n) is 4.51. The van der Waals surface area contributed by atoms with E-state index in [0.717, 1.165) is 19.3 Å². The number of ether oxygens (including phenoxy) is 1.